The summed E-state index contributed by atoms with van der Waals surface area (Å²) in [7, 11) is 1.51. The molecule has 0 aliphatic heterocycles. The van der Waals surface area contributed by atoms with Gasteiger partial charge in [-0.3, -0.25) is 10.1 Å². The summed E-state index contributed by atoms with van der Waals surface area (Å²) in [6.45, 7) is 3.09. The van der Waals surface area contributed by atoms with E-state index >= 15 is 0 Å². The second-order valence-corrected chi connectivity index (χ2v) is 4.75. The van der Waals surface area contributed by atoms with E-state index in [1.54, 1.807) is 38.1 Å². The Labute approximate surface area is 106 Å². The summed E-state index contributed by atoms with van der Waals surface area (Å²) >= 11 is 0. The minimum absolute atomic E-state index is 0.299. The Morgan fingerprint density at radius 2 is 2.06 bits per heavy atom. The predicted molar refractivity (Wildman–Crippen MR) is 67.4 cm³/mol. The Morgan fingerprint density at radius 1 is 1.44 bits per heavy atom. The highest BCUT2D eigenvalue weighted by molar-refractivity contribution is 5.61. The number of benzene rings is 1. The van der Waals surface area contributed by atoms with Crippen molar-refractivity contribution in [2.75, 3.05) is 13.7 Å². The first-order valence-electron chi connectivity index (χ1n) is 5.63. The maximum Gasteiger partial charge on any atom is 0.211 e. The van der Waals surface area contributed by atoms with Crippen molar-refractivity contribution in [1.82, 2.24) is 0 Å². The van der Waals surface area contributed by atoms with Gasteiger partial charge in [0.25, 0.3) is 0 Å². The number of nitro groups is 1. The third-order valence-corrected chi connectivity index (χ3v) is 3.05. The molecule has 0 fully saturated rings. The highest BCUT2D eigenvalue weighted by Crippen LogP contribution is 2.38. The van der Waals surface area contributed by atoms with Crippen molar-refractivity contribution in [3.63, 3.8) is 0 Å². The molecule has 0 amide bonds. The Balaban J connectivity index is 3.25. The number of carbonyl (C=O) groups is 1. The maximum atomic E-state index is 11.2. The number of ether oxygens (including phenoxy) is 1. The molecule has 0 saturated heterocycles. The lowest BCUT2D eigenvalue weighted by molar-refractivity contribution is -0.485. The minimum atomic E-state index is -0.818. The second-order valence-electron chi connectivity index (χ2n) is 4.75. The molecular weight excluding hydrogens is 234 g/mol. The molecule has 1 aromatic carbocycles. The molecule has 0 N–H and O–H groups in total. The lowest BCUT2D eigenvalue weighted by atomic mass is 9.75. The number of hydrogen-bond donors (Lipinski definition) is 0. The molecule has 0 aliphatic carbocycles. The van der Waals surface area contributed by atoms with E-state index in [2.05, 4.69) is 0 Å². The van der Waals surface area contributed by atoms with E-state index in [0.29, 0.717) is 11.3 Å². The SMILES string of the molecule is COc1ccccc1[C@@H](C[N+](=O)[O-])C(C)(C)C=O. The van der Waals surface area contributed by atoms with Gasteiger partial charge < -0.3 is 9.53 Å². The maximum absolute atomic E-state index is 11.2. The normalized spacial score (nSPS) is 12.8. The van der Waals surface area contributed by atoms with Gasteiger partial charge in [0.05, 0.1) is 13.0 Å². The molecule has 0 heterocycles. The van der Waals surface area contributed by atoms with E-state index in [0.717, 1.165) is 6.29 Å². The van der Waals surface area contributed by atoms with Gasteiger partial charge in [-0.15, -0.1) is 0 Å². The van der Waals surface area contributed by atoms with E-state index in [1.165, 1.54) is 7.11 Å². The lowest BCUT2D eigenvalue weighted by Crippen LogP contribution is -2.30. The van der Waals surface area contributed by atoms with Crippen LogP contribution in [0.3, 0.4) is 0 Å². The standard InChI is InChI=1S/C13H17NO4/c1-13(2,9-15)11(8-14(16)17)10-6-4-5-7-12(10)18-3/h4-7,9,11H,8H2,1-3H3/t11-/m1/s1. The third kappa shape index (κ3) is 3.06. The summed E-state index contributed by atoms with van der Waals surface area (Å²) < 4.78 is 5.21. The second kappa shape index (κ2) is 5.62. The topological polar surface area (TPSA) is 69.4 Å². The van der Waals surface area contributed by atoms with Crippen molar-refractivity contribution in [1.29, 1.82) is 0 Å². The quantitative estimate of drug-likeness (QED) is 0.442. The fourth-order valence-electron chi connectivity index (χ4n) is 1.92. The van der Waals surface area contributed by atoms with Crippen molar-refractivity contribution in [2.24, 2.45) is 5.41 Å². The van der Waals surface area contributed by atoms with Crippen molar-refractivity contribution >= 4 is 6.29 Å². The summed E-state index contributed by atoms with van der Waals surface area (Å²) in [6.07, 6.45) is 0.758. The average Bonchev–Trinajstić information content (AvgIpc) is 2.35. The van der Waals surface area contributed by atoms with Crippen LogP contribution in [0.2, 0.25) is 0 Å². The van der Waals surface area contributed by atoms with Crippen LogP contribution in [0, 0.1) is 15.5 Å². The molecule has 1 rings (SSSR count). The molecule has 0 spiro atoms. The van der Waals surface area contributed by atoms with Crippen LogP contribution in [-0.4, -0.2) is 24.9 Å². The molecular formula is C13H17NO4. The summed E-state index contributed by atoms with van der Waals surface area (Å²) in [4.78, 5) is 21.6. The minimum Gasteiger partial charge on any atom is -0.496 e. The third-order valence-electron chi connectivity index (χ3n) is 3.05. The molecule has 5 nitrogen and oxygen atoms in total. The van der Waals surface area contributed by atoms with Crippen molar-refractivity contribution in [3.8, 4) is 5.75 Å². The first-order valence-corrected chi connectivity index (χ1v) is 5.63. The largest absolute Gasteiger partial charge is 0.496 e. The Morgan fingerprint density at radius 3 is 2.56 bits per heavy atom. The fourth-order valence-corrected chi connectivity index (χ4v) is 1.92. The summed E-state index contributed by atoms with van der Waals surface area (Å²) in [5.74, 6) is 0.0559. The lowest BCUT2D eigenvalue weighted by Gasteiger charge is -2.27. The zero-order valence-electron chi connectivity index (χ0n) is 10.8. The van der Waals surface area contributed by atoms with Gasteiger partial charge in [-0.25, -0.2) is 0 Å². The summed E-state index contributed by atoms with van der Waals surface area (Å²) in [5, 5.41) is 10.8. The van der Waals surface area contributed by atoms with Crippen LogP contribution in [0.15, 0.2) is 24.3 Å². The average molecular weight is 251 g/mol. The first kappa shape index (κ1) is 14.2. The molecule has 18 heavy (non-hydrogen) atoms. The molecule has 1 aromatic rings. The summed E-state index contributed by atoms with van der Waals surface area (Å²) in [5.41, 5.74) is -0.129. The van der Waals surface area contributed by atoms with Crippen LogP contribution in [0.4, 0.5) is 0 Å². The molecule has 0 aromatic heterocycles. The molecule has 0 radical (unpaired) electrons. The zero-order valence-corrected chi connectivity index (χ0v) is 10.8. The van der Waals surface area contributed by atoms with Gasteiger partial charge in [0.2, 0.25) is 6.54 Å². The van der Waals surface area contributed by atoms with Gasteiger partial charge in [-0.2, -0.15) is 0 Å². The van der Waals surface area contributed by atoms with Gasteiger partial charge in [0.15, 0.2) is 0 Å². The van der Waals surface area contributed by atoms with Crippen molar-refractivity contribution < 1.29 is 14.5 Å². The molecule has 0 saturated carbocycles. The van der Waals surface area contributed by atoms with Crippen molar-refractivity contribution in [3.05, 3.63) is 39.9 Å². The monoisotopic (exact) mass is 251 g/mol. The molecule has 5 heteroatoms. The number of hydrogen-bond acceptors (Lipinski definition) is 4. The van der Waals surface area contributed by atoms with E-state index < -0.39 is 16.3 Å². The number of carbonyl (C=O) groups excluding carboxylic acids is 1. The number of methoxy groups -OCH3 is 1. The van der Waals surface area contributed by atoms with Gasteiger partial charge in [-0.05, 0) is 6.07 Å². The Kier molecular flexibility index (Phi) is 4.42. The molecule has 0 bridgehead atoms. The number of nitrogens with zero attached hydrogens (tertiary/aromatic N) is 1. The highest BCUT2D eigenvalue weighted by Gasteiger charge is 2.36. The van der Waals surface area contributed by atoms with Crippen LogP contribution in [0.5, 0.6) is 5.75 Å². The van der Waals surface area contributed by atoms with Crippen LogP contribution < -0.4 is 4.74 Å². The van der Waals surface area contributed by atoms with Gasteiger partial charge in [0, 0.05) is 15.9 Å². The van der Waals surface area contributed by atoms with Crippen LogP contribution in [-0.2, 0) is 4.79 Å². The van der Waals surface area contributed by atoms with E-state index in [4.69, 9.17) is 4.74 Å². The fraction of sp³-hybridized carbons (Fsp3) is 0.462. The van der Waals surface area contributed by atoms with Crippen molar-refractivity contribution in [2.45, 2.75) is 19.8 Å². The molecule has 0 aliphatic rings. The van der Waals surface area contributed by atoms with E-state index in [9.17, 15) is 14.9 Å². The van der Waals surface area contributed by atoms with Crippen LogP contribution in [0.1, 0.15) is 25.3 Å². The van der Waals surface area contributed by atoms with Gasteiger partial charge >= 0.3 is 0 Å². The predicted octanol–water partition coefficient (Wildman–Crippen LogP) is 2.28. The Bertz CT molecular complexity index is 442. The van der Waals surface area contributed by atoms with Crippen LogP contribution in [0.25, 0.3) is 0 Å². The number of rotatable bonds is 6. The van der Waals surface area contributed by atoms with Gasteiger partial charge in [-0.1, -0.05) is 32.0 Å². The van der Waals surface area contributed by atoms with Crippen LogP contribution >= 0.6 is 0 Å². The Hall–Kier alpha value is -1.91. The molecule has 98 valence electrons. The smallest absolute Gasteiger partial charge is 0.211 e. The molecule has 1 atom stereocenters. The zero-order chi connectivity index (χ0) is 13.8. The highest BCUT2D eigenvalue weighted by atomic mass is 16.6. The number of para-hydroxylation sites is 1. The molecule has 0 unspecified atom stereocenters. The van der Waals surface area contributed by atoms with Gasteiger partial charge in [0.1, 0.15) is 12.0 Å². The number of aldehydes is 1. The first-order chi connectivity index (χ1) is 8.42. The van der Waals surface area contributed by atoms with E-state index in [1.807, 2.05) is 0 Å². The van der Waals surface area contributed by atoms with E-state index in [-0.39, 0.29) is 6.54 Å². The summed E-state index contributed by atoms with van der Waals surface area (Å²) in [6, 6.07) is 7.08.